The van der Waals surface area contributed by atoms with E-state index in [-0.39, 0.29) is 17.8 Å². The van der Waals surface area contributed by atoms with Gasteiger partial charge in [-0.15, -0.1) is 12.4 Å². The van der Waals surface area contributed by atoms with Crippen molar-refractivity contribution in [2.45, 2.75) is 62.7 Å². The zero-order chi connectivity index (χ0) is 13.9. The first-order valence-electron chi connectivity index (χ1n) is 8.85. The van der Waals surface area contributed by atoms with Crippen LogP contribution in [0, 0.1) is 17.8 Å². The van der Waals surface area contributed by atoms with E-state index in [0.717, 1.165) is 42.6 Å². The van der Waals surface area contributed by atoms with Crippen LogP contribution in [0.15, 0.2) is 4.52 Å². The summed E-state index contributed by atoms with van der Waals surface area (Å²) in [6.07, 6.45) is 10.8. The molecule has 1 atom stereocenters. The summed E-state index contributed by atoms with van der Waals surface area (Å²) in [5.41, 5.74) is 0.276. The average molecular weight is 324 g/mol. The molecule has 1 aromatic rings. The van der Waals surface area contributed by atoms with Crippen molar-refractivity contribution in [1.82, 2.24) is 15.5 Å². The van der Waals surface area contributed by atoms with E-state index in [0.29, 0.717) is 5.92 Å². The van der Waals surface area contributed by atoms with Gasteiger partial charge < -0.3 is 9.84 Å². The van der Waals surface area contributed by atoms with Crippen LogP contribution in [0.1, 0.15) is 69.0 Å². The molecule has 1 unspecified atom stereocenters. The second-order valence-corrected chi connectivity index (χ2v) is 8.20. The van der Waals surface area contributed by atoms with Crippen molar-refractivity contribution in [1.29, 1.82) is 0 Å². The minimum absolute atomic E-state index is 0. The second kappa shape index (κ2) is 5.48. The van der Waals surface area contributed by atoms with Crippen LogP contribution in [0.25, 0.3) is 0 Å². The number of nitrogens with zero attached hydrogens (tertiary/aromatic N) is 2. The van der Waals surface area contributed by atoms with Crippen molar-refractivity contribution in [3.05, 3.63) is 11.7 Å². The largest absolute Gasteiger partial charge is 0.339 e. The highest BCUT2D eigenvalue weighted by atomic mass is 35.5. The molecule has 4 bridgehead atoms. The van der Waals surface area contributed by atoms with E-state index >= 15 is 0 Å². The Balaban J connectivity index is 0.00000125. The molecule has 0 aromatic carbocycles. The van der Waals surface area contributed by atoms with E-state index in [1.807, 2.05) is 0 Å². The van der Waals surface area contributed by atoms with Crippen LogP contribution in [-0.4, -0.2) is 23.2 Å². The number of nitrogens with one attached hydrogen (secondary N) is 1. The molecule has 1 aromatic heterocycles. The zero-order valence-corrected chi connectivity index (χ0v) is 13.9. The monoisotopic (exact) mass is 323 g/mol. The van der Waals surface area contributed by atoms with Crippen molar-refractivity contribution in [3.8, 4) is 0 Å². The summed E-state index contributed by atoms with van der Waals surface area (Å²) in [5.74, 6) is 5.21. The van der Waals surface area contributed by atoms with Gasteiger partial charge in [0.05, 0.1) is 5.92 Å². The lowest BCUT2D eigenvalue weighted by Crippen LogP contribution is -2.49. The number of piperidine rings is 1. The molecular weight excluding hydrogens is 298 g/mol. The Morgan fingerprint density at radius 2 is 1.73 bits per heavy atom. The Kier molecular flexibility index (Phi) is 3.73. The Morgan fingerprint density at radius 1 is 1.05 bits per heavy atom. The SMILES string of the molecule is C1CNCC(c2nc(C34CC5CC(CC(C5)C3)C4)no2)C1.Cl. The summed E-state index contributed by atoms with van der Waals surface area (Å²) < 4.78 is 5.69. The van der Waals surface area contributed by atoms with Crippen LogP contribution in [0.4, 0.5) is 0 Å². The maximum absolute atomic E-state index is 5.69. The molecular formula is C17H26ClN3O. The summed E-state index contributed by atoms with van der Waals surface area (Å²) in [4.78, 5) is 4.91. The predicted molar refractivity (Wildman–Crippen MR) is 86.2 cm³/mol. The molecule has 4 aliphatic carbocycles. The number of halogens is 1. The molecule has 22 heavy (non-hydrogen) atoms. The average Bonchev–Trinajstić information content (AvgIpc) is 2.97. The van der Waals surface area contributed by atoms with E-state index in [1.165, 1.54) is 51.4 Å². The third kappa shape index (κ3) is 2.30. The van der Waals surface area contributed by atoms with Crippen molar-refractivity contribution >= 4 is 12.4 Å². The maximum Gasteiger partial charge on any atom is 0.231 e. The van der Waals surface area contributed by atoms with Crippen molar-refractivity contribution in [2.75, 3.05) is 13.1 Å². The molecule has 5 fully saturated rings. The van der Waals surface area contributed by atoms with Gasteiger partial charge in [0.1, 0.15) is 0 Å². The van der Waals surface area contributed by atoms with E-state index in [9.17, 15) is 0 Å². The highest BCUT2D eigenvalue weighted by Gasteiger charge is 2.53. The molecule has 1 saturated heterocycles. The fourth-order valence-electron chi connectivity index (χ4n) is 6.06. The standard InChI is InChI=1S/C17H25N3O.ClH/c1-2-14(10-18-3-1)15-19-16(20-21-15)17-7-11-4-12(8-17)6-13(5-11)9-17;/h11-14,18H,1-10H2;1H. The first-order valence-corrected chi connectivity index (χ1v) is 8.85. The molecule has 1 N–H and O–H groups in total. The lowest BCUT2D eigenvalue weighted by atomic mass is 9.49. The minimum atomic E-state index is 0. The van der Waals surface area contributed by atoms with Crippen LogP contribution in [0.5, 0.6) is 0 Å². The van der Waals surface area contributed by atoms with Gasteiger partial charge in [-0.2, -0.15) is 4.98 Å². The quantitative estimate of drug-likeness (QED) is 0.906. The molecule has 4 saturated carbocycles. The van der Waals surface area contributed by atoms with E-state index in [4.69, 9.17) is 9.51 Å². The van der Waals surface area contributed by atoms with Crippen molar-refractivity contribution in [3.63, 3.8) is 0 Å². The van der Waals surface area contributed by atoms with E-state index < -0.39 is 0 Å². The summed E-state index contributed by atoms with van der Waals surface area (Å²) in [6, 6.07) is 0. The summed E-state index contributed by atoms with van der Waals surface area (Å²) >= 11 is 0. The minimum Gasteiger partial charge on any atom is -0.339 e. The van der Waals surface area contributed by atoms with Gasteiger partial charge in [-0.25, -0.2) is 0 Å². The molecule has 1 aliphatic heterocycles. The van der Waals surface area contributed by atoms with Gasteiger partial charge in [-0.3, -0.25) is 0 Å². The maximum atomic E-state index is 5.69. The molecule has 122 valence electrons. The molecule has 5 aliphatic rings. The Labute approximate surface area is 138 Å². The van der Waals surface area contributed by atoms with Crippen LogP contribution >= 0.6 is 12.4 Å². The molecule has 2 heterocycles. The fraction of sp³-hybridized carbons (Fsp3) is 0.882. The van der Waals surface area contributed by atoms with Crippen molar-refractivity contribution in [2.24, 2.45) is 17.8 Å². The summed E-state index contributed by atoms with van der Waals surface area (Å²) in [5, 5.41) is 7.92. The predicted octanol–water partition coefficient (Wildman–Crippen LogP) is 3.43. The van der Waals surface area contributed by atoms with E-state index in [2.05, 4.69) is 10.5 Å². The Morgan fingerprint density at radius 3 is 2.32 bits per heavy atom. The number of hydrogen-bond acceptors (Lipinski definition) is 4. The van der Waals surface area contributed by atoms with Gasteiger partial charge >= 0.3 is 0 Å². The normalized spacial score (nSPS) is 43.1. The molecule has 5 heteroatoms. The summed E-state index contributed by atoms with van der Waals surface area (Å²) in [6.45, 7) is 2.13. The van der Waals surface area contributed by atoms with Gasteiger partial charge in [0.15, 0.2) is 5.82 Å². The molecule has 4 nitrogen and oxygen atoms in total. The number of rotatable bonds is 2. The van der Waals surface area contributed by atoms with Gasteiger partial charge in [-0.05, 0) is 75.7 Å². The third-order valence-electron chi connectivity index (χ3n) is 6.60. The van der Waals surface area contributed by atoms with Crippen LogP contribution < -0.4 is 5.32 Å². The zero-order valence-electron chi connectivity index (χ0n) is 13.1. The van der Waals surface area contributed by atoms with Gasteiger partial charge in [0.25, 0.3) is 0 Å². The highest BCUT2D eigenvalue weighted by Crippen LogP contribution is 2.60. The lowest BCUT2D eigenvalue weighted by Gasteiger charge is -2.55. The fourth-order valence-corrected chi connectivity index (χ4v) is 6.06. The highest BCUT2D eigenvalue weighted by molar-refractivity contribution is 5.85. The van der Waals surface area contributed by atoms with Gasteiger partial charge in [0, 0.05) is 12.0 Å². The molecule has 6 rings (SSSR count). The van der Waals surface area contributed by atoms with Crippen LogP contribution in [0.2, 0.25) is 0 Å². The molecule has 0 spiro atoms. The topological polar surface area (TPSA) is 51.0 Å². The Hall–Kier alpha value is -0.610. The van der Waals surface area contributed by atoms with Crippen molar-refractivity contribution < 1.29 is 4.52 Å². The van der Waals surface area contributed by atoms with Gasteiger partial charge in [-0.1, -0.05) is 5.16 Å². The molecule has 0 radical (unpaired) electrons. The first kappa shape index (κ1) is 14.9. The third-order valence-corrected chi connectivity index (χ3v) is 6.60. The Bertz CT molecular complexity index is 502. The smallest absolute Gasteiger partial charge is 0.231 e. The number of aromatic nitrogens is 2. The number of hydrogen-bond donors (Lipinski definition) is 1. The van der Waals surface area contributed by atoms with Crippen LogP contribution in [-0.2, 0) is 5.41 Å². The lowest BCUT2D eigenvalue weighted by molar-refractivity contribution is -0.0103. The van der Waals surface area contributed by atoms with Crippen LogP contribution in [0.3, 0.4) is 0 Å². The second-order valence-electron chi connectivity index (χ2n) is 8.20. The van der Waals surface area contributed by atoms with E-state index in [1.54, 1.807) is 0 Å². The van der Waals surface area contributed by atoms with Gasteiger partial charge in [0.2, 0.25) is 5.89 Å². The summed E-state index contributed by atoms with van der Waals surface area (Å²) in [7, 11) is 0. The first-order chi connectivity index (χ1) is 10.3. The molecule has 0 amide bonds.